The third-order valence-electron chi connectivity index (χ3n) is 3.40. The zero-order chi connectivity index (χ0) is 19.3. The quantitative estimate of drug-likeness (QED) is 0.674. The first-order valence-electron chi connectivity index (χ1n) is 7.60. The van der Waals surface area contributed by atoms with Crippen molar-refractivity contribution >= 4 is 46.5 Å². The van der Waals surface area contributed by atoms with Crippen molar-refractivity contribution in [3.63, 3.8) is 0 Å². The summed E-state index contributed by atoms with van der Waals surface area (Å²) >= 11 is 10.8. The lowest BCUT2D eigenvalue weighted by molar-refractivity contribution is -0.121. The van der Waals surface area contributed by atoms with Gasteiger partial charge in [0.2, 0.25) is 0 Å². The molecule has 8 heteroatoms. The number of thiocarbonyl (C=S) groups is 1. The van der Waals surface area contributed by atoms with Gasteiger partial charge in [-0.3, -0.25) is 10.1 Å². The molecule has 0 saturated carbocycles. The maximum Gasteiger partial charge on any atom is 0.337 e. The van der Waals surface area contributed by atoms with Crippen LogP contribution in [0.3, 0.4) is 0 Å². The van der Waals surface area contributed by atoms with Gasteiger partial charge in [-0.15, -0.1) is 0 Å². The molecule has 0 aliphatic heterocycles. The largest absolute Gasteiger partial charge is 0.483 e. The van der Waals surface area contributed by atoms with Gasteiger partial charge < -0.3 is 15.2 Å². The maximum absolute atomic E-state index is 12.0. The summed E-state index contributed by atoms with van der Waals surface area (Å²) in [5.41, 5.74) is 2.19. The molecule has 0 aliphatic rings. The van der Waals surface area contributed by atoms with Crippen LogP contribution >= 0.6 is 23.8 Å². The number of carbonyl (C=O) groups excluding carboxylic acids is 1. The molecule has 0 aliphatic carbocycles. The molecule has 0 heterocycles. The van der Waals surface area contributed by atoms with Crippen molar-refractivity contribution < 1.29 is 19.4 Å². The predicted octanol–water partition coefficient (Wildman–Crippen LogP) is 3.55. The molecule has 0 fully saturated rings. The van der Waals surface area contributed by atoms with Crippen LogP contribution in [0.4, 0.5) is 5.69 Å². The second-order valence-electron chi connectivity index (χ2n) is 5.55. The van der Waals surface area contributed by atoms with Gasteiger partial charge >= 0.3 is 5.97 Å². The number of benzene rings is 2. The number of aromatic carboxylic acids is 1. The Hall–Kier alpha value is -2.64. The summed E-state index contributed by atoms with van der Waals surface area (Å²) in [4.78, 5) is 23.2. The molecule has 0 atom stereocenters. The van der Waals surface area contributed by atoms with Crippen molar-refractivity contribution in [2.45, 2.75) is 13.8 Å². The van der Waals surface area contributed by atoms with E-state index >= 15 is 0 Å². The number of aryl methyl sites for hydroxylation is 2. The summed E-state index contributed by atoms with van der Waals surface area (Å²) in [6, 6.07) is 9.91. The smallest absolute Gasteiger partial charge is 0.337 e. The van der Waals surface area contributed by atoms with Crippen LogP contribution in [0.2, 0.25) is 5.02 Å². The van der Waals surface area contributed by atoms with Gasteiger partial charge in [0.15, 0.2) is 11.7 Å². The van der Waals surface area contributed by atoms with E-state index in [0.29, 0.717) is 5.75 Å². The van der Waals surface area contributed by atoms with Gasteiger partial charge in [0, 0.05) is 5.02 Å². The minimum absolute atomic E-state index is 0.0379. The lowest BCUT2D eigenvalue weighted by Crippen LogP contribution is -2.37. The van der Waals surface area contributed by atoms with Crippen molar-refractivity contribution in [1.82, 2.24) is 5.32 Å². The van der Waals surface area contributed by atoms with Crippen LogP contribution in [-0.2, 0) is 4.79 Å². The van der Waals surface area contributed by atoms with E-state index in [9.17, 15) is 14.7 Å². The lowest BCUT2D eigenvalue weighted by atomic mass is 10.1. The highest BCUT2D eigenvalue weighted by atomic mass is 35.5. The minimum Gasteiger partial charge on any atom is -0.483 e. The Kier molecular flexibility index (Phi) is 6.54. The molecule has 0 saturated heterocycles. The average molecular weight is 393 g/mol. The van der Waals surface area contributed by atoms with Crippen molar-refractivity contribution in [1.29, 1.82) is 0 Å². The van der Waals surface area contributed by atoms with E-state index in [1.165, 1.54) is 18.2 Å². The van der Waals surface area contributed by atoms with Crippen molar-refractivity contribution in [3.05, 3.63) is 58.1 Å². The van der Waals surface area contributed by atoms with Crippen LogP contribution in [0.1, 0.15) is 21.5 Å². The SMILES string of the molecule is Cc1ccc(OCC(=O)NC(=S)Nc2ccc(Cl)cc2C(=O)O)c(C)c1. The van der Waals surface area contributed by atoms with Crippen molar-refractivity contribution in [2.24, 2.45) is 0 Å². The fraction of sp³-hybridized carbons (Fsp3) is 0.167. The third-order valence-corrected chi connectivity index (χ3v) is 3.84. The van der Waals surface area contributed by atoms with E-state index in [1.54, 1.807) is 6.07 Å². The number of hydrogen-bond donors (Lipinski definition) is 3. The molecular weight excluding hydrogens is 376 g/mol. The van der Waals surface area contributed by atoms with Crippen LogP contribution in [0.25, 0.3) is 0 Å². The first-order chi connectivity index (χ1) is 12.3. The number of hydrogen-bond acceptors (Lipinski definition) is 4. The van der Waals surface area contributed by atoms with Crippen LogP contribution in [0.5, 0.6) is 5.75 Å². The summed E-state index contributed by atoms with van der Waals surface area (Å²) in [7, 11) is 0. The van der Waals surface area contributed by atoms with Crippen LogP contribution in [-0.4, -0.2) is 28.7 Å². The number of rotatable bonds is 5. The van der Waals surface area contributed by atoms with E-state index < -0.39 is 11.9 Å². The Balaban J connectivity index is 1.93. The molecule has 2 rings (SSSR count). The maximum atomic E-state index is 12.0. The predicted molar refractivity (Wildman–Crippen MR) is 104 cm³/mol. The first-order valence-corrected chi connectivity index (χ1v) is 8.38. The molecule has 2 aromatic carbocycles. The Morgan fingerprint density at radius 1 is 1.19 bits per heavy atom. The lowest BCUT2D eigenvalue weighted by Gasteiger charge is -2.13. The molecule has 26 heavy (non-hydrogen) atoms. The fourth-order valence-electron chi connectivity index (χ4n) is 2.22. The Morgan fingerprint density at radius 2 is 1.92 bits per heavy atom. The van der Waals surface area contributed by atoms with E-state index in [1.807, 2.05) is 26.0 Å². The van der Waals surface area contributed by atoms with Gasteiger partial charge in [0.1, 0.15) is 5.75 Å². The molecule has 136 valence electrons. The highest BCUT2D eigenvalue weighted by Crippen LogP contribution is 2.21. The molecule has 0 spiro atoms. The van der Waals surface area contributed by atoms with E-state index in [0.717, 1.165) is 11.1 Å². The number of nitrogens with one attached hydrogen (secondary N) is 2. The number of carbonyl (C=O) groups is 2. The van der Waals surface area contributed by atoms with E-state index in [2.05, 4.69) is 10.6 Å². The number of amides is 1. The summed E-state index contributed by atoms with van der Waals surface area (Å²) < 4.78 is 5.47. The number of carboxylic acids is 1. The minimum atomic E-state index is -1.16. The molecule has 0 bridgehead atoms. The van der Waals surface area contributed by atoms with E-state index in [4.69, 9.17) is 28.6 Å². The molecule has 1 amide bonds. The monoisotopic (exact) mass is 392 g/mol. The van der Waals surface area contributed by atoms with Gasteiger partial charge in [-0.2, -0.15) is 0 Å². The fourth-order valence-corrected chi connectivity index (χ4v) is 2.62. The molecule has 6 nitrogen and oxygen atoms in total. The molecule has 0 radical (unpaired) electrons. The van der Waals surface area contributed by atoms with Gasteiger partial charge in [-0.1, -0.05) is 29.3 Å². The first kappa shape index (κ1) is 19.7. The second-order valence-corrected chi connectivity index (χ2v) is 6.40. The summed E-state index contributed by atoms with van der Waals surface area (Å²) in [5.74, 6) is -1.02. The molecule has 2 aromatic rings. The van der Waals surface area contributed by atoms with Gasteiger partial charge in [-0.05, 0) is 55.9 Å². The number of halogens is 1. The molecule has 0 aromatic heterocycles. The normalized spacial score (nSPS) is 10.1. The van der Waals surface area contributed by atoms with Crippen LogP contribution < -0.4 is 15.4 Å². The highest BCUT2D eigenvalue weighted by Gasteiger charge is 2.13. The number of anilines is 1. The van der Waals surface area contributed by atoms with Crippen LogP contribution in [0, 0.1) is 13.8 Å². The van der Waals surface area contributed by atoms with Gasteiger partial charge in [-0.25, -0.2) is 4.79 Å². The summed E-state index contributed by atoms with van der Waals surface area (Å²) in [5, 5.41) is 14.5. The third kappa shape index (κ3) is 5.44. The zero-order valence-electron chi connectivity index (χ0n) is 14.1. The van der Waals surface area contributed by atoms with Crippen molar-refractivity contribution in [2.75, 3.05) is 11.9 Å². The Bertz CT molecular complexity index is 870. The molecule has 0 unspecified atom stereocenters. The van der Waals surface area contributed by atoms with Crippen molar-refractivity contribution in [3.8, 4) is 5.75 Å². The van der Waals surface area contributed by atoms with Gasteiger partial charge in [0.05, 0.1) is 11.3 Å². The molecule has 3 N–H and O–H groups in total. The Labute approximate surface area is 161 Å². The topological polar surface area (TPSA) is 87.7 Å². The second kappa shape index (κ2) is 8.64. The van der Waals surface area contributed by atoms with E-state index in [-0.39, 0.29) is 28.0 Å². The molecular formula is C18H17ClN2O4S. The summed E-state index contributed by atoms with van der Waals surface area (Å²) in [6.07, 6.45) is 0. The van der Waals surface area contributed by atoms with Crippen LogP contribution in [0.15, 0.2) is 36.4 Å². The number of ether oxygens (including phenoxy) is 1. The highest BCUT2D eigenvalue weighted by molar-refractivity contribution is 7.80. The average Bonchev–Trinajstić information content (AvgIpc) is 2.55. The summed E-state index contributed by atoms with van der Waals surface area (Å²) in [6.45, 7) is 3.63. The van der Waals surface area contributed by atoms with Gasteiger partial charge in [0.25, 0.3) is 5.91 Å². The zero-order valence-corrected chi connectivity index (χ0v) is 15.7. The standard InChI is InChI=1S/C18H17ClN2O4S/c1-10-3-6-15(11(2)7-10)25-9-16(22)21-18(26)20-14-5-4-12(19)8-13(14)17(23)24/h3-8H,9H2,1-2H3,(H,23,24)(H2,20,21,22,26). The Morgan fingerprint density at radius 3 is 2.58 bits per heavy atom. The number of carboxylic acid groups (broad SMARTS) is 1.